The van der Waals surface area contributed by atoms with Crippen LogP contribution in [0.1, 0.15) is 26.3 Å². The highest BCUT2D eigenvalue weighted by atomic mass is 32.1. The van der Waals surface area contributed by atoms with E-state index in [1.54, 1.807) is 92.0 Å². The van der Waals surface area contributed by atoms with E-state index in [1.165, 1.54) is 12.3 Å². The normalized spacial score (nSPS) is 10.4. The molecule has 0 aliphatic heterocycles. The molecule has 0 unspecified atom stereocenters. The maximum absolute atomic E-state index is 12.7. The van der Waals surface area contributed by atoms with Crippen LogP contribution >= 0.6 is 12.2 Å². The summed E-state index contributed by atoms with van der Waals surface area (Å²) >= 11 is 5.28. The van der Waals surface area contributed by atoms with Gasteiger partial charge >= 0.3 is 11.9 Å². The number of anilines is 1. The third-order valence-electron chi connectivity index (χ3n) is 5.13. The Hall–Kier alpha value is -5.02. The van der Waals surface area contributed by atoms with Gasteiger partial charge in [-0.25, -0.2) is 9.59 Å². The predicted octanol–water partition coefficient (Wildman–Crippen LogP) is 5.45. The van der Waals surface area contributed by atoms with Gasteiger partial charge in [0.25, 0.3) is 0 Å². The van der Waals surface area contributed by atoms with Gasteiger partial charge in [0.15, 0.2) is 5.11 Å². The third-order valence-corrected chi connectivity index (χ3v) is 5.33. The minimum absolute atomic E-state index is 0.150. The minimum atomic E-state index is -0.573. The number of thiocarbonyl (C=S) groups is 1. The Morgan fingerprint density at radius 1 is 0.763 bits per heavy atom. The lowest BCUT2D eigenvalue weighted by Gasteiger charge is -2.11. The number of esters is 2. The summed E-state index contributed by atoms with van der Waals surface area (Å²) in [5.41, 5.74) is 4.68. The molecule has 0 atom stereocenters. The monoisotopic (exact) mass is 525 g/mol. The number of rotatable bonds is 8. The number of ether oxygens (including phenoxy) is 3. The molecule has 0 radical (unpaired) electrons. The van der Waals surface area contributed by atoms with Crippen molar-refractivity contribution in [3.8, 4) is 17.2 Å². The SMILES string of the molecule is COc1ccc(NC(=S)N/N=C\c2ccc(OC(=O)c3ccccc3)cc2OC(=O)c2ccccc2)cc1. The molecule has 4 aromatic carbocycles. The standard InChI is InChI=1S/C29H23N3O5S/c1-35-24-16-13-23(14-17-24)31-29(38)32-30-19-22-12-15-25(36-27(33)20-8-4-2-5-9-20)18-26(22)37-28(34)21-10-6-3-7-11-21/h2-19H,1H3,(H2,31,32,38)/b30-19-. The van der Waals surface area contributed by atoms with Crippen LogP contribution in [0.15, 0.2) is 108 Å². The first-order valence-corrected chi connectivity index (χ1v) is 11.9. The maximum atomic E-state index is 12.7. The average Bonchev–Trinajstić information content (AvgIpc) is 2.95. The summed E-state index contributed by atoms with van der Waals surface area (Å²) in [5.74, 6) is -0.0309. The molecule has 0 saturated carbocycles. The number of carbonyl (C=O) groups excluding carboxylic acids is 2. The number of carbonyl (C=O) groups is 2. The lowest BCUT2D eigenvalue weighted by molar-refractivity contribution is 0.0732. The van der Waals surface area contributed by atoms with Gasteiger partial charge in [-0.15, -0.1) is 0 Å². The first kappa shape index (κ1) is 26.1. The van der Waals surface area contributed by atoms with Crippen molar-refractivity contribution < 1.29 is 23.8 Å². The summed E-state index contributed by atoms with van der Waals surface area (Å²) in [6.45, 7) is 0. The smallest absolute Gasteiger partial charge is 0.343 e. The van der Waals surface area contributed by atoms with Gasteiger partial charge in [-0.2, -0.15) is 5.10 Å². The van der Waals surface area contributed by atoms with Crippen LogP contribution in [-0.4, -0.2) is 30.4 Å². The second-order valence-electron chi connectivity index (χ2n) is 7.76. The van der Waals surface area contributed by atoms with E-state index in [4.69, 9.17) is 26.4 Å². The van der Waals surface area contributed by atoms with E-state index in [2.05, 4.69) is 15.8 Å². The Balaban J connectivity index is 1.49. The van der Waals surface area contributed by atoms with Crippen LogP contribution < -0.4 is 25.0 Å². The summed E-state index contributed by atoms with van der Waals surface area (Å²) in [6, 6.07) is 29.0. The third kappa shape index (κ3) is 7.25. The van der Waals surface area contributed by atoms with Crippen molar-refractivity contribution in [1.29, 1.82) is 0 Å². The van der Waals surface area contributed by atoms with E-state index in [1.807, 2.05) is 12.1 Å². The number of benzene rings is 4. The van der Waals surface area contributed by atoms with Gasteiger partial charge < -0.3 is 19.5 Å². The fourth-order valence-corrected chi connectivity index (χ4v) is 3.41. The molecule has 4 rings (SSSR count). The molecule has 0 aliphatic carbocycles. The Bertz CT molecular complexity index is 1440. The van der Waals surface area contributed by atoms with Gasteiger partial charge in [0.2, 0.25) is 0 Å². The zero-order chi connectivity index (χ0) is 26.7. The number of hydrazone groups is 1. The van der Waals surface area contributed by atoms with Gasteiger partial charge in [0.05, 0.1) is 24.5 Å². The topological polar surface area (TPSA) is 98.2 Å². The van der Waals surface area contributed by atoms with Crippen molar-refractivity contribution >= 4 is 41.2 Å². The lowest BCUT2D eigenvalue weighted by atomic mass is 10.2. The van der Waals surface area contributed by atoms with Crippen LogP contribution in [0, 0.1) is 0 Å². The van der Waals surface area contributed by atoms with E-state index in [0.29, 0.717) is 16.7 Å². The Morgan fingerprint density at radius 2 is 1.34 bits per heavy atom. The fraction of sp³-hybridized carbons (Fsp3) is 0.0345. The van der Waals surface area contributed by atoms with Gasteiger partial charge in [0, 0.05) is 17.3 Å². The first-order valence-electron chi connectivity index (χ1n) is 11.4. The molecule has 0 amide bonds. The first-order chi connectivity index (χ1) is 18.5. The van der Waals surface area contributed by atoms with Crippen LogP contribution in [0.5, 0.6) is 17.2 Å². The molecule has 0 heterocycles. The van der Waals surface area contributed by atoms with E-state index in [-0.39, 0.29) is 16.6 Å². The molecule has 9 heteroatoms. The summed E-state index contributed by atoms with van der Waals surface area (Å²) in [7, 11) is 1.59. The quantitative estimate of drug-likeness (QED) is 0.103. The molecule has 0 spiro atoms. The lowest BCUT2D eigenvalue weighted by Crippen LogP contribution is -2.23. The molecule has 0 saturated heterocycles. The molecule has 190 valence electrons. The van der Waals surface area contributed by atoms with Crippen molar-refractivity contribution in [1.82, 2.24) is 5.43 Å². The number of nitrogens with zero attached hydrogens (tertiary/aromatic N) is 1. The second-order valence-corrected chi connectivity index (χ2v) is 8.17. The van der Waals surface area contributed by atoms with Crippen molar-refractivity contribution in [2.75, 3.05) is 12.4 Å². The second kappa shape index (κ2) is 12.8. The Morgan fingerprint density at radius 3 is 1.95 bits per heavy atom. The maximum Gasteiger partial charge on any atom is 0.343 e. The molecule has 0 aromatic heterocycles. The van der Waals surface area contributed by atoms with Crippen molar-refractivity contribution in [3.05, 3.63) is 120 Å². The molecular formula is C29H23N3O5S. The van der Waals surface area contributed by atoms with E-state index in [0.717, 1.165) is 11.4 Å². The van der Waals surface area contributed by atoms with Gasteiger partial charge in [-0.1, -0.05) is 36.4 Å². The number of hydrogen-bond donors (Lipinski definition) is 2. The Labute approximate surface area is 224 Å². The molecular weight excluding hydrogens is 502 g/mol. The average molecular weight is 526 g/mol. The van der Waals surface area contributed by atoms with Crippen molar-refractivity contribution in [3.63, 3.8) is 0 Å². The van der Waals surface area contributed by atoms with Crippen molar-refractivity contribution in [2.24, 2.45) is 5.10 Å². The molecule has 38 heavy (non-hydrogen) atoms. The zero-order valence-corrected chi connectivity index (χ0v) is 21.1. The van der Waals surface area contributed by atoms with Crippen LogP contribution in [0.3, 0.4) is 0 Å². The van der Waals surface area contributed by atoms with E-state index < -0.39 is 11.9 Å². The highest BCUT2D eigenvalue weighted by molar-refractivity contribution is 7.80. The molecule has 4 aromatic rings. The van der Waals surface area contributed by atoms with E-state index >= 15 is 0 Å². The van der Waals surface area contributed by atoms with Crippen LogP contribution in [0.25, 0.3) is 0 Å². The van der Waals surface area contributed by atoms with Crippen molar-refractivity contribution in [2.45, 2.75) is 0 Å². The summed E-state index contributed by atoms with van der Waals surface area (Å²) < 4.78 is 16.2. The number of methoxy groups -OCH3 is 1. The predicted molar refractivity (Wildman–Crippen MR) is 149 cm³/mol. The molecule has 8 nitrogen and oxygen atoms in total. The molecule has 0 aliphatic rings. The highest BCUT2D eigenvalue weighted by Crippen LogP contribution is 2.26. The fourth-order valence-electron chi connectivity index (χ4n) is 3.24. The Kier molecular flexibility index (Phi) is 8.77. The molecule has 0 bridgehead atoms. The van der Waals surface area contributed by atoms with Crippen LogP contribution in [0.2, 0.25) is 0 Å². The zero-order valence-electron chi connectivity index (χ0n) is 20.3. The van der Waals surface area contributed by atoms with Crippen LogP contribution in [-0.2, 0) is 0 Å². The largest absolute Gasteiger partial charge is 0.497 e. The number of nitrogens with one attached hydrogen (secondary N) is 2. The van der Waals surface area contributed by atoms with Crippen LogP contribution in [0.4, 0.5) is 5.69 Å². The van der Waals surface area contributed by atoms with Gasteiger partial charge in [-0.05, 0) is 72.9 Å². The van der Waals surface area contributed by atoms with Gasteiger partial charge in [-0.3, -0.25) is 5.43 Å². The molecule has 2 N–H and O–H groups in total. The summed E-state index contributed by atoms with van der Waals surface area (Å²) in [4.78, 5) is 25.2. The molecule has 0 fully saturated rings. The summed E-state index contributed by atoms with van der Waals surface area (Å²) in [6.07, 6.45) is 1.44. The van der Waals surface area contributed by atoms with Gasteiger partial charge in [0.1, 0.15) is 17.2 Å². The minimum Gasteiger partial charge on any atom is -0.497 e. The number of hydrogen-bond acceptors (Lipinski definition) is 7. The highest BCUT2D eigenvalue weighted by Gasteiger charge is 2.14. The van der Waals surface area contributed by atoms with E-state index in [9.17, 15) is 9.59 Å². The summed E-state index contributed by atoms with van der Waals surface area (Å²) in [5, 5.41) is 7.40.